The van der Waals surface area contributed by atoms with Crippen molar-refractivity contribution in [3.05, 3.63) is 47.3 Å². The molecule has 2 aromatic rings. The number of nitrogens with zero attached hydrogens (tertiary/aromatic N) is 3. The molecule has 8 heteroatoms. The van der Waals surface area contributed by atoms with Gasteiger partial charge in [-0.1, -0.05) is 18.2 Å². The molecule has 0 saturated carbocycles. The third-order valence-corrected chi connectivity index (χ3v) is 4.77. The van der Waals surface area contributed by atoms with Gasteiger partial charge in [0, 0.05) is 31.3 Å². The molecule has 0 spiro atoms. The first-order valence-electron chi connectivity index (χ1n) is 8.82. The van der Waals surface area contributed by atoms with E-state index in [1.807, 2.05) is 48.9 Å². The fourth-order valence-corrected chi connectivity index (χ4v) is 3.17. The van der Waals surface area contributed by atoms with Gasteiger partial charge in [-0.15, -0.1) is 0 Å². The van der Waals surface area contributed by atoms with E-state index in [-0.39, 0.29) is 24.7 Å². The quantitative estimate of drug-likeness (QED) is 0.753. The van der Waals surface area contributed by atoms with Gasteiger partial charge in [-0.05, 0) is 32.4 Å². The van der Waals surface area contributed by atoms with Crippen molar-refractivity contribution in [2.75, 3.05) is 7.05 Å². The van der Waals surface area contributed by atoms with Gasteiger partial charge in [-0.25, -0.2) is 9.48 Å². The Kier molecular flexibility index (Phi) is 5.25. The molecular formula is C19H23N5O3. The summed E-state index contributed by atoms with van der Waals surface area (Å²) in [5.74, 6) is -0.471. The number of nitrogens with one attached hydrogen (secondary N) is 2. The Balaban J connectivity index is 1.64. The summed E-state index contributed by atoms with van der Waals surface area (Å²) < 4.78 is 1.88. The van der Waals surface area contributed by atoms with Gasteiger partial charge >= 0.3 is 6.03 Å². The first-order chi connectivity index (χ1) is 12.9. The maximum atomic E-state index is 12.4. The van der Waals surface area contributed by atoms with Crippen LogP contribution in [0.1, 0.15) is 29.8 Å². The van der Waals surface area contributed by atoms with Gasteiger partial charge in [-0.3, -0.25) is 14.9 Å². The van der Waals surface area contributed by atoms with Gasteiger partial charge in [0.15, 0.2) is 0 Å². The molecule has 1 saturated heterocycles. The normalized spacial score (nSPS) is 16.2. The SMILES string of the molecule is Cc1nn(-c2ccccc2)c(C)c1CN(C)C(=O)CC[C@H]1NC(=O)NC1=O. The molecule has 0 radical (unpaired) electrons. The summed E-state index contributed by atoms with van der Waals surface area (Å²) >= 11 is 0. The van der Waals surface area contributed by atoms with E-state index in [0.717, 1.165) is 22.6 Å². The molecule has 3 rings (SSSR count). The van der Waals surface area contributed by atoms with E-state index >= 15 is 0 Å². The summed E-state index contributed by atoms with van der Waals surface area (Å²) in [7, 11) is 1.73. The molecule has 2 N–H and O–H groups in total. The van der Waals surface area contributed by atoms with Crippen LogP contribution < -0.4 is 10.6 Å². The molecule has 27 heavy (non-hydrogen) atoms. The molecular weight excluding hydrogens is 346 g/mol. The smallest absolute Gasteiger partial charge is 0.322 e. The first-order valence-corrected chi connectivity index (χ1v) is 8.82. The molecule has 2 heterocycles. The maximum absolute atomic E-state index is 12.4. The number of rotatable bonds is 6. The zero-order valence-electron chi connectivity index (χ0n) is 15.7. The summed E-state index contributed by atoms with van der Waals surface area (Å²) in [5, 5.41) is 9.27. The minimum absolute atomic E-state index is 0.0878. The number of aromatic nitrogens is 2. The van der Waals surface area contributed by atoms with Gasteiger partial charge in [0.2, 0.25) is 5.91 Å². The van der Waals surface area contributed by atoms with Crippen LogP contribution in [0.4, 0.5) is 4.79 Å². The number of benzene rings is 1. The lowest BCUT2D eigenvalue weighted by Gasteiger charge is -2.18. The van der Waals surface area contributed by atoms with E-state index in [2.05, 4.69) is 15.7 Å². The van der Waals surface area contributed by atoms with Crippen LogP contribution >= 0.6 is 0 Å². The Bertz CT molecular complexity index is 875. The van der Waals surface area contributed by atoms with Gasteiger partial charge in [-0.2, -0.15) is 5.10 Å². The van der Waals surface area contributed by atoms with E-state index in [1.54, 1.807) is 11.9 Å². The molecule has 1 aliphatic heterocycles. The lowest BCUT2D eigenvalue weighted by Crippen LogP contribution is -2.32. The number of hydrogen-bond acceptors (Lipinski definition) is 4. The number of amides is 4. The van der Waals surface area contributed by atoms with Crippen LogP contribution in [0.5, 0.6) is 0 Å². The molecule has 0 bridgehead atoms. The van der Waals surface area contributed by atoms with E-state index < -0.39 is 12.1 Å². The Labute approximate surface area is 157 Å². The van der Waals surface area contributed by atoms with Crippen molar-refractivity contribution >= 4 is 17.8 Å². The molecule has 142 valence electrons. The topological polar surface area (TPSA) is 96.3 Å². The Morgan fingerprint density at radius 2 is 1.93 bits per heavy atom. The number of para-hydroxylation sites is 1. The van der Waals surface area contributed by atoms with Gasteiger partial charge < -0.3 is 10.2 Å². The molecule has 4 amide bonds. The molecule has 1 atom stereocenters. The number of imide groups is 1. The maximum Gasteiger partial charge on any atom is 0.322 e. The van der Waals surface area contributed by atoms with Crippen molar-refractivity contribution in [2.45, 2.75) is 39.3 Å². The Morgan fingerprint density at radius 1 is 1.22 bits per heavy atom. The van der Waals surface area contributed by atoms with Crippen molar-refractivity contribution in [1.82, 2.24) is 25.3 Å². The lowest BCUT2D eigenvalue weighted by molar-refractivity contribution is -0.130. The van der Waals surface area contributed by atoms with Gasteiger partial charge in [0.05, 0.1) is 11.4 Å². The highest BCUT2D eigenvalue weighted by Crippen LogP contribution is 2.19. The molecule has 0 unspecified atom stereocenters. The van der Waals surface area contributed by atoms with E-state index in [9.17, 15) is 14.4 Å². The number of carbonyl (C=O) groups is 3. The minimum atomic E-state index is -0.640. The monoisotopic (exact) mass is 369 g/mol. The van der Waals surface area contributed by atoms with Crippen molar-refractivity contribution in [3.63, 3.8) is 0 Å². The summed E-state index contributed by atoms with van der Waals surface area (Å²) in [6.45, 7) is 4.35. The minimum Gasteiger partial charge on any atom is -0.341 e. The predicted molar refractivity (Wildman–Crippen MR) is 99.2 cm³/mol. The standard InChI is InChI=1S/C19H23N5O3/c1-12-15(13(2)24(22-12)14-7-5-4-6-8-14)11-23(3)17(25)10-9-16-18(26)21-19(27)20-16/h4-8,16H,9-11H2,1-3H3,(H2,20,21,26,27)/t16-/m1/s1. The zero-order valence-corrected chi connectivity index (χ0v) is 15.7. The van der Waals surface area contributed by atoms with E-state index in [4.69, 9.17) is 0 Å². The second kappa shape index (κ2) is 7.61. The molecule has 0 aliphatic carbocycles. The lowest BCUT2D eigenvalue weighted by atomic mass is 10.1. The number of hydrogen-bond donors (Lipinski definition) is 2. The van der Waals surface area contributed by atoms with Crippen LogP contribution in [0.25, 0.3) is 5.69 Å². The second-order valence-corrected chi connectivity index (χ2v) is 6.70. The second-order valence-electron chi connectivity index (χ2n) is 6.70. The third kappa shape index (κ3) is 3.99. The van der Waals surface area contributed by atoms with Crippen LogP contribution in [0.15, 0.2) is 30.3 Å². The highest BCUT2D eigenvalue weighted by molar-refractivity contribution is 6.04. The summed E-state index contributed by atoms with van der Waals surface area (Å²) in [4.78, 5) is 36.8. The predicted octanol–water partition coefficient (Wildman–Crippen LogP) is 1.44. The van der Waals surface area contributed by atoms with E-state index in [1.165, 1.54) is 0 Å². The third-order valence-electron chi connectivity index (χ3n) is 4.77. The van der Waals surface area contributed by atoms with Crippen LogP contribution in [-0.2, 0) is 16.1 Å². The van der Waals surface area contributed by atoms with Crippen LogP contribution in [0.3, 0.4) is 0 Å². The largest absolute Gasteiger partial charge is 0.341 e. The Hall–Kier alpha value is -3.16. The summed E-state index contributed by atoms with van der Waals surface area (Å²) in [5.41, 5.74) is 3.84. The van der Waals surface area contributed by atoms with Crippen molar-refractivity contribution in [1.29, 1.82) is 0 Å². The van der Waals surface area contributed by atoms with Crippen molar-refractivity contribution in [2.24, 2.45) is 0 Å². The average molecular weight is 369 g/mol. The first kappa shape index (κ1) is 18.6. The number of aryl methyl sites for hydroxylation is 1. The molecule has 1 aliphatic rings. The van der Waals surface area contributed by atoms with Crippen LogP contribution in [0, 0.1) is 13.8 Å². The summed E-state index contributed by atoms with van der Waals surface area (Å²) in [6, 6.07) is 8.69. The van der Waals surface area contributed by atoms with Crippen LogP contribution in [-0.4, -0.2) is 45.6 Å². The fourth-order valence-electron chi connectivity index (χ4n) is 3.17. The fraction of sp³-hybridized carbons (Fsp3) is 0.368. The van der Waals surface area contributed by atoms with Crippen molar-refractivity contribution in [3.8, 4) is 5.69 Å². The van der Waals surface area contributed by atoms with Gasteiger partial charge in [0.1, 0.15) is 6.04 Å². The Morgan fingerprint density at radius 3 is 2.56 bits per heavy atom. The molecule has 1 fully saturated rings. The molecule has 1 aromatic heterocycles. The number of urea groups is 1. The average Bonchev–Trinajstić information content (AvgIpc) is 3.12. The van der Waals surface area contributed by atoms with Crippen molar-refractivity contribution < 1.29 is 14.4 Å². The van der Waals surface area contributed by atoms with Gasteiger partial charge in [0.25, 0.3) is 5.91 Å². The highest BCUT2D eigenvalue weighted by Gasteiger charge is 2.30. The van der Waals surface area contributed by atoms with Crippen LogP contribution in [0.2, 0.25) is 0 Å². The zero-order chi connectivity index (χ0) is 19.6. The highest BCUT2D eigenvalue weighted by atomic mass is 16.2. The number of carbonyl (C=O) groups excluding carboxylic acids is 3. The molecule has 1 aromatic carbocycles. The van der Waals surface area contributed by atoms with E-state index in [0.29, 0.717) is 6.54 Å². The summed E-state index contributed by atoms with van der Waals surface area (Å²) in [6.07, 6.45) is 0.460. The molecule has 8 nitrogen and oxygen atoms in total.